The van der Waals surface area contributed by atoms with Crippen LogP contribution in [0.3, 0.4) is 0 Å². The molecule has 3 aromatic rings. The van der Waals surface area contributed by atoms with E-state index in [1.165, 1.54) is 12.4 Å². The summed E-state index contributed by atoms with van der Waals surface area (Å²) >= 11 is 0. The standard InChI is InChI=1S/C20H18F2N6O/c1-12-8-26(18(29)20(12,11-23)15-2-3-15)16-4-5-24-27-9-13(6-17(16)27)14-7-25-28(10-14)19(21)22/h4-7,9-10,12,15,19H,2-3,8H2,1H3/t12-,20+/m1/s1. The van der Waals surface area contributed by atoms with Crippen LogP contribution in [0.4, 0.5) is 14.5 Å². The average Bonchev–Trinajstić information content (AvgIpc) is 3.17. The van der Waals surface area contributed by atoms with Crippen molar-refractivity contribution in [2.24, 2.45) is 17.3 Å². The topological polar surface area (TPSA) is 79.2 Å². The van der Waals surface area contributed by atoms with Gasteiger partial charge in [0, 0.05) is 42.2 Å². The molecular weight excluding hydrogens is 378 g/mol. The molecule has 0 unspecified atom stereocenters. The molecule has 2 atom stereocenters. The van der Waals surface area contributed by atoms with Gasteiger partial charge >= 0.3 is 6.55 Å². The van der Waals surface area contributed by atoms with Crippen molar-refractivity contribution in [3.8, 4) is 17.2 Å². The minimum absolute atomic E-state index is 0.0700. The van der Waals surface area contributed by atoms with Gasteiger partial charge in [-0.15, -0.1) is 0 Å². The normalized spacial score (nSPS) is 24.6. The van der Waals surface area contributed by atoms with Crippen LogP contribution in [-0.2, 0) is 4.79 Å². The highest BCUT2D eigenvalue weighted by molar-refractivity contribution is 6.05. The van der Waals surface area contributed by atoms with E-state index in [1.54, 1.807) is 33.9 Å². The van der Waals surface area contributed by atoms with Crippen molar-refractivity contribution in [2.45, 2.75) is 26.3 Å². The molecule has 29 heavy (non-hydrogen) atoms. The number of nitriles is 1. The molecule has 3 aromatic heterocycles. The molecule has 9 heteroatoms. The fourth-order valence-electron chi connectivity index (χ4n) is 4.49. The van der Waals surface area contributed by atoms with Crippen LogP contribution in [0.2, 0.25) is 0 Å². The molecule has 0 spiro atoms. The van der Waals surface area contributed by atoms with Gasteiger partial charge in [0.05, 0.1) is 23.5 Å². The molecule has 148 valence electrons. The van der Waals surface area contributed by atoms with E-state index in [-0.39, 0.29) is 17.7 Å². The van der Waals surface area contributed by atoms with Gasteiger partial charge in [-0.1, -0.05) is 6.92 Å². The molecule has 0 aromatic carbocycles. The fourth-order valence-corrected chi connectivity index (χ4v) is 4.49. The van der Waals surface area contributed by atoms with E-state index in [2.05, 4.69) is 16.3 Å². The van der Waals surface area contributed by atoms with Gasteiger partial charge in [-0.3, -0.25) is 4.79 Å². The number of rotatable bonds is 4. The van der Waals surface area contributed by atoms with E-state index in [0.29, 0.717) is 33.6 Å². The lowest BCUT2D eigenvalue weighted by atomic mass is 9.75. The SMILES string of the molecule is C[C@@H]1CN(c2ccnn3cc(-c4cnn(C(F)F)c4)cc23)C(=O)[C@]1(C#N)C1CC1. The number of fused-ring (bicyclic) bond motifs is 1. The minimum atomic E-state index is -2.71. The van der Waals surface area contributed by atoms with Crippen molar-refractivity contribution >= 4 is 17.1 Å². The average molecular weight is 396 g/mol. The Kier molecular flexibility index (Phi) is 3.75. The van der Waals surface area contributed by atoms with Gasteiger partial charge in [-0.05, 0) is 30.9 Å². The highest BCUT2D eigenvalue weighted by Gasteiger charge is 2.61. The number of carbonyl (C=O) groups excluding carboxylic acids is 1. The first-order valence-electron chi connectivity index (χ1n) is 9.49. The molecule has 2 aliphatic rings. The van der Waals surface area contributed by atoms with Crippen molar-refractivity contribution in [1.29, 1.82) is 5.26 Å². The first-order valence-corrected chi connectivity index (χ1v) is 9.49. The van der Waals surface area contributed by atoms with Gasteiger partial charge in [0.25, 0.3) is 0 Å². The van der Waals surface area contributed by atoms with Crippen LogP contribution in [-0.4, -0.2) is 31.8 Å². The Morgan fingerprint density at radius 1 is 1.28 bits per heavy atom. The molecule has 1 saturated heterocycles. The maximum Gasteiger partial charge on any atom is 0.333 e. The summed E-state index contributed by atoms with van der Waals surface area (Å²) in [6.45, 7) is -0.285. The quantitative estimate of drug-likeness (QED) is 0.676. The summed E-state index contributed by atoms with van der Waals surface area (Å²) < 4.78 is 27.9. The number of hydrogen-bond donors (Lipinski definition) is 0. The van der Waals surface area contributed by atoms with E-state index in [0.717, 1.165) is 12.8 Å². The predicted molar refractivity (Wildman–Crippen MR) is 100.0 cm³/mol. The number of aromatic nitrogens is 4. The Labute approximate surface area is 165 Å². The molecule has 7 nitrogen and oxygen atoms in total. The third kappa shape index (κ3) is 2.48. The second kappa shape index (κ2) is 6.11. The zero-order valence-electron chi connectivity index (χ0n) is 15.7. The van der Waals surface area contributed by atoms with Crippen LogP contribution in [0.25, 0.3) is 16.6 Å². The van der Waals surface area contributed by atoms with E-state index in [4.69, 9.17) is 0 Å². The van der Waals surface area contributed by atoms with Crippen molar-refractivity contribution in [3.05, 3.63) is 36.9 Å². The maximum atomic E-state index is 13.3. The second-order valence-corrected chi connectivity index (χ2v) is 7.83. The summed E-state index contributed by atoms with van der Waals surface area (Å²) in [5.41, 5.74) is 1.59. The zero-order chi connectivity index (χ0) is 20.3. The van der Waals surface area contributed by atoms with Gasteiger partial charge in [0.15, 0.2) is 0 Å². The van der Waals surface area contributed by atoms with Crippen LogP contribution in [0.1, 0.15) is 26.3 Å². The number of halogens is 2. The number of carbonyl (C=O) groups is 1. The Morgan fingerprint density at radius 2 is 2.07 bits per heavy atom. The van der Waals surface area contributed by atoms with Crippen molar-refractivity contribution in [2.75, 3.05) is 11.4 Å². The van der Waals surface area contributed by atoms with E-state index >= 15 is 0 Å². The summed E-state index contributed by atoms with van der Waals surface area (Å²) in [6.07, 6.45) is 7.77. The highest BCUT2D eigenvalue weighted by Crippen LogP contribution is 2.54. The van der Waals surface area contributed by atoms with E-state index < -0.39 is 12.0 Å². The molecule has 1 saturated carbocycles. The second-order valence-electron chi connectivity index (χ2n) is 7.83. The van der Waals surface area contributed by atoms with Crippen LogP contribution < -0.4 is 4.90 Å². The van der Waals surface area contributed by atoms with Gasteiger partial charge in [-0.2, -0.15) is 24.2 Å². The van der Waals surface area contributed by atoms with Crippen LogP contribution in [0.15, 0.2) is 36.9 Å². The van der Waals surface area contributed by atoms with Crippen molar-refractivity contribution in [3.63, 3.8) is 0 Å². The summed E-state index contributed by atoms with van der Waals surface area (Å²) in [4.78, 5) is 15.0. The predicted octanol–water partition coefficient (Wildman–Crippen LogP) is 3.50. The summed E-state index contributed by atoms with van der Waals surface area (Å²) in [5.74, 6) is -0.101. The molecular formula is C20H18F2N6O. The maximum absolute atomic E-state index is 13.3. The Balaban J connectivity index is 1.57. The van der Waals surface area contributed by atoms with Crippen molar-refractivity contribution < 1.29 is 13.6 Å². The number of hydrogen-bond acceptors (Lipinski definition) is 4. The lowest BCUT2D eigenvalue weighted by Gasteiger charge is -2.23. The smallest absolute Gasteiger partial charge is 0.309 e. The first-order chi connectivity index (χ1) is 14.0. The highest BCUT2D eigenvalue weighted by atomic mass is 19.3. The van der Waals surface area contributed by atoms with Crippen molar-refractivity contribution in [1.82, 2.24) is 19.4 Å². The molecule has 4 heterocycles. The Hall–Kier alpha value is -3.28. The Bertz CT molecular complexity index is 1160. The number of alkyl halides is 2. The largest absolute Gasteiger partial charge is 0.333 e. The van der Waals surface area contributed by atoms with E-state index in [9.17, 15) is 18.8 Å². The Morgan fingerprint density at radius 3 is 2.72 bits per heavy atom. The number of amides is 1. The fraction of sp³-hybridized carbons (Fsp3) is 0.400. The molecule has 0 N–H and O–H groups in total. The van der Waals surface area contributed by atoms with Gasteiger partial charge in [0.1, 0.15) is 5.41 Å². The zero-order valence-corrected chi connectivity index (χ0v) is 15.7. The number of anilines is 1. The third-order valence-electron chi connectivity index (χ3n) is 6.15. The molecule has 1 amide bonds. The molecule has 0 radical (unpaired) electrons. The molecule has 2 fully saturated rings. The molecule has 0 bridgehead atoms. The van der Waals surface area contributed by atoms with Gasteiger partial charge in [0.2, 0.25) is 5.91 Å². The lowest BCUT2D eigenvalue weighted by Crippen LogP contribution is -2.37. The van der Waals surface area contributed by atoms with Gasteiger partial charge < -0.3 is 4.90 Å². The van der Waals surface area contributed by atoms with Crippen LogP contribution >= 0.6 is 0 Å². The molecule has 1 aliphatic carbocycles. The van der Waals surface area contributed by atoms with Gasteiger partial charge in [-0.25, -0.2) is 9.20 Å². The molecule has 1 aliphatic heterocycles. The lowest BCUT2D eigenvalue weighted by molar-refractivity contribution is -0.124. The first kappa shape index (κ1) is 17.8. The summed E-state index contributed by atoms with van der Waals surface area (Å²) in [7, 11) is 0. The van der Waals surface area contributed by atoms with E-state index in [1.807, 2.05) is 6.92 Å². The number of nitrogens with zero attached hydrogens (tertiary/aromatic N) is 6. The monoisotopic (exact) mass is 396 g/mol. The third-order valence-corrected chi connectivity index (χ3v) is 6.15. The minimum Gasteiger partial charge on any atom is -0.309 e. The van der Waals surface area contributed by atoms with Crippen LogP contribution in [0, 0.1) is 28.6 Å². The van der Waals surface area contributed by atoms with Crippen LogP contribution in [0.5, 0.6) is 0 Å². The summed E-state index contributed by atoms with van der Waals surface area (Å²) in [6, 6.07) is 5.89. The summed E-state index contributed by atoms with van der Waals surface area (Å²) in [5, 5.41) is 17.8. The molecule has 5 rings (SSSR count).